The van der Waals surface area contributed by atoms with Gasteiger partial charge in [-0.15, -0.1) is 11.3 Å². The van der Waals surface area contributed by atoms with Gasteiger partial charge < -0.3 is 15.3 Å². The molecule has 0 saturated carbocycles. The number of benzene rings is 2. The fourth-order valence-electron chi connectivity index (χ4n) is 4.90. The number of non-ortho nitro benzene ring substituents is 1. The summed E-state index contributed by atoms with van der Waals surface area (Å²) in [6.07, 6.45) is 0.934. The average molecular weight is 521 g/mol. The van der Waals surface area contributed by atoms with E-state index in [1.165, 1.54) is 46.7 Å². The van der Waals surface area contributed by atoms with Crippen molar-refractivity contribution >= 4 is 28.8 Å². The van der Waals surface area contributed by atoms with E-state index in [-0.39, 0.29) is 24.0 Å². The zero-order valence-corrected chi connectivity index (χ0v) is 21.1. The number of nitro groups is 1. The second-order valence-electron chi connectivity index (χ2n) is 9.46. The summed E-state index contributed by atoms with van der Waals surface area (Å²) >= 11 is 1.42. The van der Waals surface area contributed by atoms with Gasteiger partial charge in [0.15, 0.2) is 0 Å². The van der Waals surface area contributed by atoms with Crippen molar-refractivity contribution in [1.29, 1.82) is 0 Å². The summed E-state index contributed by atoms with van der Waals surface area (Å²) in [5.41, 5.74) is 3.92. The fraction of sp³-hybridized carbons (Fsp3) is 0.333. The van der Waals surface area contributed by atoms with Gasteiger partial charge >= 0.3 is 0 Å². The minimum atomic E-state index is -0.668. The zero-order chi connectivity index (χ0) is 25.9. The highest BCUT2D eigenvalue weighted by Crippen LogP contribution is 2.29. The predicted molar refractivity (Wildman–Crippen MR) is 140 cm³/mol. The number of β-amino-alcohol motifs (C(OH)–C–C–N with tert-alkyl or cyclic N) is 1. The first-order chi connectivity index (χ1) is 17.9. The van der Waals surface area contributed by atoms with Gasteiger partial charge in [0.2, 0.25) is 0 Å². The molecule has 0 spiro atoms. The molecule has 0 aliphatic carbocycles. The lowest BCUT2D eigenvalue weighted by atomic mass is 10.00. The van der Waals surface area contributed by atoms with Gasteiger partial charge in [0.05, 0.1) is 15.9 Å². The first-order valence-corrected chi connectivity index (χ1v) is 13.1. The summed E-state index contributed by atoms with van der Waals surface area (Å²) < 4.78 is 0. The molecule has 1 unspecified atom stereocenters. The SMILES string of the molecule is O=C(NCC(O)CN1CCc2ccccc2C1)c1cc2c(s1)CCN(C(=O)c1ccc([N+](=O)[O-])cc1)C2. The van der Waals surface area contributed by atoms with Crippen LogP contribution in [0.1, 0.15) is 41.6 Å². The maximum absolute atomic E-state index is 12.9. The minimum absolute atomic E-state index is 0.0580. The molecular formula is C27H28N4O5S. The van der Waals surface area contributed by atoms with Crippen molar-refractivity contribution in [3.63, 3.8) is 0 Å². The van der Waals surface area contributed by atoms with Crippen LogP contribution in [0.15, 0.2) is 54.6 Å². The molecule has 1 atom stereocenters. The fourth-order valence-corrected chi connectivity index (χ4v) is 5.98. The summed E-state index contributed by atoms with van der Waals surface area (Å²) in [5.74, 6) is -0.420. The van der Waals surface area contributed by atoms with Crippen molar-refractivity contribution in [1.82, 2.24) is 15.1 Å². The Balaban J connectivity index is 1.13. The van der Waals surface area contributed by atoms with E-state index in [4.69, 9.17) is 0 Å². The minimum Gasteiger partial charge on any atom is -0.390 e. The molecule has 1 aromatic heterocycles. The molecule has 37 heavy (non-hydrogen) atoms. The Morgan fingerprint density at radius 2 is 1.78 bits per heavy atom. The van der Waals surface area contributed by atoms with E-state index in [9.17, 15) is 24.8 Å². The number of nitrogens with one attached hydrogen (secondary N) is 1. The third-order valence-corrected chi connectivity index (χ3v) is 8.12. The smallest absolute Gasteiger partial charge is 0.269 e. The molecule has 5 rings (SSSR count). The number of carbonyl (C=O) groups excluding carboxylic acids is 2. The monoisotopic (exact) mass is 520 g/mol. The largest absolute Gasteiger partial charge is 0.390 e. The number of hydrogen-bond acceptors (Lipinski definition) is 7. The molecule has 0 bridgehead atoms. The van der Waals surface area contributed by atoms with Gasteiger partial charge in [-0.1, -0.05) is 24.3 Å². The van der Waals surface area contributed by atoms with Crippen LogP contribution < -0.4 is 5.32 Å². The van der Waals surface area contributed by atoms with Crippen LogP contribution in [0.2, 0.25) is 0 Å². The molecule has 192 valence electrons. The molecular weight excluding hydrogens is 492 g/mol. The normalized spacial score (nSPS) is 16.0. The standard InChI is InChI=1S/C27H28N4O5S/c32-23(17-29-11-9-18-3-1-2-4-20(18)15-29)14-28-26(33)25-13-21-16-30(12-10-24(21)37-25)27(34)19-5-7-22(8-6-19)31(35)36/h1-8,13,23,32H,9-12,14-17H2,(H,28,33). The second kappa shape index (κ2) is 10.8. The quantitative estimate of drug-likeness (QED) is 0.366. The summed E-state index contributed by atoms with van der Waals surface area (Å²) in [7, 11) is 0. The molecule has 0 fully saturated rings. The van der Waals surface area contributed by atoms with Crippen molar-refractivity contribution in [3.8, 4) is 0 Å². The molecule has 0 radical (unpaired) electrons. The van der Waals surface area contributed by atoms with Crippen molar-refractivity contribution < 1.29 is 19.6 Å². The molecule has 2 amide bonds. The van der Waals surface area contributed by atoms with Gasteiger partial charge in [0.25, 0.3) is 17.5 Å². The Morgan fingerprint density at radius 1 is 1.03 bits per heavy atom. The molecule has 2 aliphatic heterocycles. The van der Waals surface area contributed by atoms with Gasteiger partial charge in [-0.2, -0.15) is 0 Å². The molecule has 3 aromatic rings. The third kappa shape index (κ3) is 5.71. The van der Waals surface area contributed by atoms with Gasteiger partial charge in [-0.3, -0.25) is 24.6 Å². The highest BCUT2D eigenvalue weighted by molar-refractivity contribution is 7.14. The van der Waals surface area contributed by atoms with E-state index in [1.807, 2.05) is 12.1 Å². The van der Waals surface area contributed by atoms with Crippen LogP contribution in [0.4, 0.5) is 5.69 Å². The highest BCUT2D eigenvalue weighted by atomic mass is 32.1. The molecule has 2 aliphatic rings. The maximum atomic E-state index is 12.9. The van der Waals surface area contributed by atoms with E-state index in [0.29, 0.717) is 36.5 Å². The van der Waals surface area contributed by atoms with Crippen LogP contribution in [0, 0.1) is 10.1 Å². The number of aliphatic hydroxyl groups is 1. The van der Waals surface area contributed by atoms with Crippen LogP contribution in [0.5, 0.6) is 0 Å². The Morgan fingerprint density at radius 3 is 2.54 bits per heavy atom. The van der Waals surface area contributed by atoms with Crippen LogP contribution in [0.3, 0.4) is 0 Å². The lowest BCUT2D eigenvalue weighted by Crippen LogP contribution is -2.41. The van der Waals surface area contributed by atoms with Gasteiger partial charge in [0, 0.05) is 61.8 Å². The van der Waals surface area contributed by atoms with Crippen molar-refractivity contribution in [2.45, 2.75) is 32.0 Å². The third-order valence-electron chi connectivity index (χ3n) is 6.88. The Labute approximate surface area is 218 Å². The van der Waals surface area contributed by atoms with E-state index in [2.05, 4.69) is 28.4 Å². The maximum Gasteiger partial charge on any atom is 0.269 e. The van der Waals surface area contributed by atoms with Crippen molar-refractivity contribution in [3.05, 3.63) is 96.7 Å². The number of aliphatic hydroxyl groups excluding tert-OH is 1. The number of hydrogen-bond donors (Lipinski definition) is 2. The summed E-state index contributed by atoms with van der Waals surface area (Å²) in [5, 5.41) is 24.2. The number of thiophene rings is 1. The number of fused-ring (bicyclic) bond motifs is 2. The van der Waals surface area contributed by atoms with E-state index in [1.54, 1.807) is 4.90 Å². The van der Waals surface area contributed by atoms with Crippen molar-refractivity contribution in [2.75, 3.05) is 26.2 Å². The van der Waals surface area contributed by atoms with E-state index < -0.39 is 11.0 Å². The van der Waals surface area contributed by atoms with Gasteiger partial charge in [0.1, 0.15) is 0 Å². The predicted octanol–water partition coefficient (Wildman–Crippen LogP) is 3.00. The number of nitro benzene ring substituents is 1. The number of amides is 2. The van der Waals surface area contributed by atoms with Crippen LogP contribution in [0.25, 0.3) is 0 Å². The number of nitrogens with zero attached hydrogens (tertiary/aromatic N) is 3. The summed E-state index contributed by atoms with van der Waals surface area (Å²) in [6, 6.07) is 15.8. The molecule has 2 aromatic carbocycles. The second-order valence-corrected chi connectivity index (χ2v) is 10.6. The first kappa shape index (κ1) is 25.1. The first-order valence-electron chi connectivity index (χ1n) is 12.3. The number of rotatable bonds is 7. The molecule has 2 N–H and O–H groups in total. The molecule has 10 heteroatoms. The van der Waals surface area contributed by atoms with Crippen LogP contribution in [-0.2, 0) is 25.9 Å². The van der Waals surface area contributed by atoms with Crippen LogP contribution >= 0.6 is 11.3 Å². The van der Waals surface area contributed by atoms with E-state index >= 15 is 0 Å². The molecule has 0 saturated heterocycles. The lowest BCUT2D eigenvalue weighted by molar-refractivity contribution is -0.384. The Bertz CT molecular complexity index is 1320. The summed E-state index contributed by atoms with van der Waals surface area (Å²) in [6.45, 7) is 3.25. The summed E-state index contributed by atoms with van der Waals surface area (Å²) in [4.78, 5) is 41.6. The number of carbonyl (C=O) groups is 2. The highest BCUT2D eigenvalue weighted by Gasteiger charge is 2.26. The Kier molecular flexibility index (Phi) is 7.31. The van der Waals surface area contributed by atoms with Crippen LogP contribution in [-0.4, -0.2) is 63.9 Å². The Hall–Kier alpha value is -3.60. The van der Waals surface area contributed by atoms with Gasteiger partial charge in [-0.25, -0.2) is 0 Å². The molecule has 9 nitrogen and oxygen atoms in total. The van der Waals surface area contributed by atoms with Crippen molar-refractivity contribution in [2.24, 2.45) is 0 Å². The average Bonchev–Trinajstić information content (AvgIpc) is 3.35. The van der Waals surface area contributed by atoms with E-state index in [0.717, 1.165) is 30.0 Å². The molecule has 3 heterocycles. The zero-order valence-electron chi connectivity index (χ0n) is 20.3. The topological polar surface area (TPSA) is 116 Å². The van der Waals surface area contributed by atoms with Gasteiger partial charge in [-0.05, 0) is 47.7 Å². The lowest BCUT2D eigenvalue weighted by Gasteiger charge is -2.30.